The van der Waals surface area contributed by atoms with Crippen molar-refractivity contribution in [3.8, 4) is 5.75 Å². The Morgan fingerprint density at radius 3 is 2.19 bits per heavy atom. The molecule has 2 aromatic rings. The Morgan fingerprint density at radius 1 is 1.00 bits per heavy atom. The number of aromatic hydroxyl groups is 1. The molecule has 0 fully saturated rings. The molecular weight excluding hydrogens is 262 g/mol. The predicted molar refractivity (Wildman–Crippen MR) is 84.3 cm³/mol. The van der Waals surface area contributed by atoms with Crippen molar-refractivity contribution in [3.63, 3.8) is 0 Å². The van der Waals surface area contributed by atoms with Crippen molar-refractivity contribution in [1.29, 1.82) is 0 Å². The number of carbonyl (C=O) groups is 1. The molecule has 2 aromatic carbocycles. The quantitative estimate of drug-likeness (QED) is 0.916. The van der Waals surface area contributed by atoms with Crippen LogP contribution in [0, 0.1) is 6.92 Å². The highest BCUT2D eigenvalue weighted by molar-refractivity contribution is 5.78. The number of phenols is 1. The molecule has 0 aliphatic carbocycles. The van der Waals surface area contributed by atoms with Crippen LogP contribution in [-0.4, -0.2) is 29.5 Å². The number of benzene rings is 2. The van der Waals surface area contributed by atoms with Gasteiger partial charge in [-0.25, -0.2) is 0 Å². The third kappa shape index (κ3) is 4.63. The molecule has 0 atom stereocenters. The smallest absolute Gasteiger partial charge is 0.226 e. The summed E-state index contributed by atoms with van der Waals surface area (Å²) in [5, 5.41) is 9.23. The zero-order valence-corrected chi connectivity index (χ0v) is 12.5. The highest BCUT2D eigenvalue weighted by Crippen LogP contribution is 2.11. The van der Waals surface area contributed by atoms with E-state index in [0.717, 1.165) is 12.0 Å². The Bertz CT molecular complexity index is 588. The summed E-state index contributed by atoms with van der Waals surface area (Å²) in [6, 6.07) is 15.2. The van der Waals surface area contributed by atoms with Gasteiger partial charge in [0.1, 0.15) is 5.75 Å². The van der Waals surface area contributed by atoms with Gasteiger partial charge in [-0.15, -0.1) is 0 Å². The third-order valence-corrected chi connectivity index (χ3v) is 3.57. The van der Waals surface area contributed by atoms with Gasteiger partial charge in [0.2, 0.25) is 5.91 Å². The summed E-state index contributed by atoms with van der Waals surface area (Å²) in [7, 11) is 1.83. The Balaban J connectivity index is 1.84. The van der Waals surface area contributed by atoms with E-state index in [9.17, 15) is 9.90 Å². The van der Waals surface area contributed by atoms with Gasteiger partial charge >= 0.3 is 0 Å². The van der Waals surface area contributed by atoms with Gasteiger partial charge in [-0.2, -0.15) is 0 Å². The highest BCUT2D eigenvalue weighted by Gasteiger charge is 2.09. The van der Waals surface area contributed by atoms with Crippen LogP contribution in [-0.2, 0) is 17.6 Å². The molecule has 3 nitrogen and oxygen atoms in total. The van der Waals surface area contributed by atoms with E-state index in [4.69, 9.17) is 0 Å². The van der Waals surface area contributed by atoms with Gasteiger partial charge in [0.05, 0.1) is 6.42 Å². The fraction of sp³-hybridized carbons (Fsp3) is 0.278. The average molecular weight is 283 g/mol. The number of likely N-dealkylation sites (N-methyl/N-ethyl adjacent to an activating group) is 1. The van der Waals surface area contributed by atoms with Gasteiger partial charge in [-0.1, -0.05) is 42.0 Å². The molecule has 1 amide bonds. The largest absolute Gasteiger partial charge is 0.508 e. The van der Waals surface area contributed by atoms with Crippen LogP contribution in [0.5, 0.6) is 5.75 Å². The van der Waals surface area contributed by atoms with Gasteiger partial charge in [-0.05, 0) is 36.6 Å². The Labute approximate surface area is 125 Å². The first-order chi connectivity index (χ1) is 10.0. The van der Waals surface area contributed by atoms with Crippen molar-refractivity contribution < 1.29 is 9.90 Å². The third-order valence-electron chi connectivity index (χ3n) is 3.57. The molecule has 0 spiro atoms. The van der Waals surface area contributed by atoms with Gasteiger partial charge < -0.3 is 10.0 Å². The van der Waals surface area contributed by atoms with Crippen LogP contribution in [0.4, 0.5) is 0 Å². The molecule has 0 saturated carbocycles. The number of hydrogen-bond donors (Lipinski definition) is 1. The molecule has 0 aromatic heterocycles. The molecule has 0 aliphatic rings. The fourth-order valence-corrected chi connectivity index (χ4v) is 2.10. The van der Waals surface area contributed by atoms with Gasteiger partial charge in [0.15, 0.2) is 0 Å². The van der Waals surface area contributed by atoms with E-state index in [1.54, 1.807) is 29.2 Å². The maximum atomic E-state index is 12.1. The second-order valence-electron chi connectivity index (χ2n) is 5.39. The molecule has 2 rings (SSSR count). The molecular formula is C18H21NO2. The standard InChI is InChI=1S/C18H21NO2/c1-14-3-5-15(6-4-14)11-12-19(2)18(21)13-16-7-9-17(20)10-8-16/h3-10,20H,11-13H2,1-2H3. The lowest BCUT2D eigenvalue weighted by Gasteiger charge is -2.17. The Kier molecular flexibility index (Phi) is 4.99. The number of hydrogen-bond acceptors (Lipinski definition) is 2. The number of nitrogens with zero attached hydrogens (tertiary/aromatic N) is 1. The second-order valence-corrected chi connectivity index (χ2v) is 5.39. The predicted octanol–water partition coefficient (Wildman–Crippen LogP) is 2.94. The van der Waals surface area contributed by atoms with E-state index >= 15 is 0 Å². The first kappa shape index (κ1) is 15.1. The second kappa shape index (κ2) is 6.93. The molecule has 0 heterocycles. The van der Waals surface area contributed by atoms with Crippen LogP contribution in [0.2, 0.25) is 0 Å². The van der Waals surface area contributed by atoms with E-state index in [0.29, 0.717) is 13.0 Å². The van der Waals surface area contributed by atoms with Gasteiger partial charge in [0, 0.05) is 13.6 Å². The lowest BCUT2D eigenvalue weighted by Crippen LogP contribution is -2.30. The Morgan fingerprint density at radius 2 is 1.57 bits per heavy atom. The summed E-state index contributed by atoms with van der Waals surface area (Å²) in [5.41, 5.74) is 3.40. The summed E-state index contributed by atoms with van der Waals surface area (Å²) in [4.78, 5) is 13.9. The molecule has 3 heteroatoms. The maximum Gasteiger partial charge on any atom is 0.226 e. The van der Waals surface area contributed by atoms with E-state index < -0.39 is 0 Å². The molecule has 0 unspecified atom stereocenters. The summed E-state index contributed by atoms with van der Waals surface area (Å²) in [5.74, 6) is 0.312. The van der Waals surface area contributed by atoms with E-state index in [2.05, 4.69) is 31.2 Å². The number of carbonyl (C=O) groups excluding carboxylic acids is 1. The molecule has 0 aliphatic heterocycles. The minimum Gasteiger partial charge on any atom is -0.508 e. The van der Waals surface area contributed by atoms with Crippen molar-refractivity contribution in [3.05, 3.63) is 65.2 Å². The number of amides is 1. The number of rotatable bonds is 5. The summed E-state index contributed by atoms with van der Waals surface area (Å²) in [6.45, 7) is 2.77. The van der Waals surface area contributed by atoms with Crippen LogP contribution < -0.4 is 0 Å². The number of phenolic OH excluding ortho intramolecular Hbond substituents is 1. The molecule has 0 radical (unpaired) electrons. The molecule has 110 valence electrons. The van der Waals surface area contributed by atoms with Crippen LogP contribution in [0.15, 0.2) is 48.5 Å². The van der Waals surface area contributed by atoms with Crippen LogP contribution in [0.1, 0.15) is 16.7 Å². The first-order valence-electron chi connectivity index (χ1n) is 7.12. The van der Waals surface area contributed by atoms with E-state index in [1.165, 1.54) is 11.1 Å². The van der Waals surface area contributed by atoms with Gasteiger partial charge in [-0.3, -0.25) is 4.79 Å². The van der Waals surface area contributed by atoms with Crippen molar-refractivity contribution >= 4 is 5.91 Å². The molecule has 21 heavy (non-hydrogen) atoms. The lowest BCUT2D eigenvalue weighted by atomic mass is 10.1. The SMILES string of the molecule is Cc1ccc(CCN(C)C(=O)Cc2ccc(O)cc2)cc1. The van der Waals surface area contributed by atoms with Crippen molar-refractivity contribution in [2.45, 2.75) is 19.8 Å². The summed E-state index contributed by atoms with van der Waals surface area (Å²) in [6.07, 6.45) is 1.22. The van der Waals surface area contributed by atoms with Crippen molar-refractivity contribution in [2.75, 3.05) is 13.6 Å². The lowest BCUT2D eigenvalue weighted by molar-refractivity contribution is -0.129. The first-order valence-corrected chi connectivity index (χ1v) is 7.12. The average Bonchev–Trinajstić information content (AvgIpc) is 2.48. The van der Waals surface area contributed by atoms with Gasteiger partial charge in [0.25, 0.3) is 0 Å². The number of aryl methyl sites for hydroxylation is 1. The summed E-state index contributed by atoms with van der Waals surface area (Å²) >= 11 is 0. The zero-order valence-electron chi connectivity index (χ0n) is 12.5. The monoisotopic (exact) mass is 283 g/mol. The van der Waals surface area contributed by atoms with E-state index in [1.807, 2.05) is 7.05 Å². The maximum absolute atomic E-state index is 12.1. The fourth-order valence-electron chi connectivity index (χ4n) is 2.10. The topological polar surface area (TPSA) is 40.5 Å². The zero-order chi connectivity index (χ0) is 15.2. The van der Waals surface area contributed by atoms with Crippen molar-refractivity contribution in [2.24, 2.45) is 0 Å². The molecule has 0 bridgehead atoms. The minimum absolute atomic E-state index is 0.0906. The van der Waals surface area contributed by atoms with Crippen LogP contribution in [0.3, 0.4) is 0 Å². The highest BCUT2D eigenvalue weighted by atomic mass is 16.3. The summed E-state index contributed by atoms with van der Waals surface area (Å²) < 4.78 is 0. The molecule has 0 saturated heterocycles. The minimum atomic E-state index is 0.0906. The van der Waals surface area contributed by atoms with Crippen molar-refractivity contribution in [1.82, 2.24) is 4.90 Å². The van der Waals surface area contributed by atoms with Crippen LogP contribution >= 0.6 is 0 Å². The Hall–Kier alpha value is -2.29. The molecule has 1 N–H and O–H groups in total. The normalized spacial score (nSPS) is 10.4. The van der Waals surface area contributed by atoms with Crippen LogP contribution in [0.25, 0.3) is 0 Å². The van der Waals surface area contributed by atoms with E-state index in [-0.39, 0.29) is 11.7 Å².